The number of nitrogens with zero attached hydrogens (tertiary/aromatic N) is 4. The fourth-order valence-corrected chi connectivity index (χ4v) is 3.94. The third kappa shape index (κ3) is 4.96. The van der Waals surface area contributed by atoms with Gasteiger partial charge in [0.05, 0.1) is 34.1 Å². The molecule has 0 amide bonds. The van der Waals surface area contributed by atoms with Crippen LogP contribution in [-0.2, 0) is 4.84 Å². The van der Waals surface area contributed by atoms with Crippen molar-refractivity contribution in [2.75, 3.05) is 7.11 Å². The summed E-state index contributed by atoms with van der Waals surface area (Å²) in [6.07, 6.45) is 2.84. The van der Waals surface area contributed by atoms with Gasteiger partial charge < -0.3 is 0 Å². The molecule has 166 valence electrons. The minimum absolute atomic E-state index is 0.0526. The van der Waals surface area contributed by atoms with Crippen LogP contribution in [0.25, 0.3) is 33.6 Å². The number of hydrogen-bond donors (Lipinski definition) is 1. The van der Waals surface area contributed by atoms with Crippen LogP contribution in [0.4, 0.5) is 10.1 Å². The second-order valence-corrected chi connectivity index (χ2v) is 7.89. The number of rotatable bonds is 6. The molecule has 2 aromatic heterocycles. The molecule has 10 heteroatoms. The maximum Gasteiger partial charge on any atom is 0.161 e. The summed E-state index contributed by atoms with van der Waals surface area (Å²) < 4.78 is 14.8. The predicted molar refractivity (Wildman–Crippen MR) is 129 cm³/mol. The van der Waals surface area contributed by atoms with E-state index in [-0.39, 0.29) is 21.4 Å². The molecular formula is C23H15Cl3FN5O. The van der Waals surface area contributed by atoms with Gasteiger partial charge >= 0.3 is 0 Å². The second-order valence-electron chi connectivity index (χ2n) is 6.68. The molecule has 0 aliphatic carbocycles. The number of nitrogens with one attached hydrogen (secondary N) is 1. The predicted octanol–water partition coefficient (Wildman–Crippen LogP) is 6.78. The molecular weight excluding hydrogens is 488 g/mol. The fourth-order valence-electron chi connectivity index (χ4n) is 3.25. The molecule has 0 aliphatic heterocycles. The minimum Gasteiger partial charge on any atom is -0.279 e. The highest BCUT2D eigenvalue weighted by Crippen LogP contribution is 2.44. The quantitative estimate of drug-likeness (QED) is 0.179. The number of aromatic nitrogens is 3. The van der Waals surface area contributed by atoms with Crippen LogP contribution in [0.3, 0.4) is 0 Å². The summed E-state index contributed by atoms with van der Waals surface area (Å²) in [6, 6.07) is 15.0. The van der Waals surface area contributed by atoms with Crippen LogP contribution in [0.15, 0.2) is 65.8 Å². The summed E-state index contributed by atoms with van der Waals surface area (Å²) in [5.74, 6) is -0.463. The second kappa shape index (κ2) is 10.2. The molecule has 0 aliphatic rings. The highest BCUT2D eigenvalue weighted by Gasteiger charge is 2.24. The Hall–Kier alpha value is -3.10. The topological polar surface area (TPSA) is 72.3 Å². The first-order valence-corrected chi connectivity index (χ1v) is 10.7. The van der Waals surface area contributed by atoms with Crippen molar-refractivity contribution in [3.63, 3.8) is 0 Å². The largest absolute Gasteiger partial charge is 0.279 e. The van der Waals surface area contributed by atoms with Crippen molar-refractivity contribution in [3.8, 4) is 33.6 Å². The van der Waals surface area contributed by atoms with E-state index in [9.17, 15) is 4.39 Å². The number of benzene rings is 2. The Morgan fingerprint density at radius 3 is 2.55 bits per heavy atom. The molecule has 33 heavy (non-hydrogen) atoms. The van der Waals surface area contributed by atoms with E-state index in [0.29, 0.717) is 33.1 Å². The van der Waals surface area contributed by atoms with E-state index in [2.05, 4.69) is 25.7 Å². The molecule has 6 nitrogen and oxygen atoms in total. The van der Waals surface area contributed by atoms with Gasteiger partial charge in [0.2, 0.25) is 0 Å². The first-order chi connectivity index (χ1) is 16.0. The molecule has 0 saturated carbocycles. The highest BCUT2D eigenvalue weighted by molar-refractivity contribution is 6.38. The summed E-state index contributed by atoms with van der Waals surface area (Å²) in [6.45, 7) is 0. The summed E-state index contributed by atoms with van der Waals surface area (Å²) in [4.78, 5) is 13.4. The monoisotopic (exact) mass is 501 g/mol. The van der Waals surface area contributed by atoms with E-state index < -0.39 is 5.82 Å². The molecule has 0 saturated heterocycles. The van der Waals surface area contributed by atoms with Crippen molar-refractivity contribution < 1.29 is 9.23 Å². The summed E-state index contributed by atoms with van der Waals surface area (Å²) in [5, 5.41) is 8.98. The number of hydroxylamine groups is 1. The summed E-state index contributed by atoms with van der Waals surface area (Å²) >= 11 is 19.0. The molecule has 2 aromatic carbocycles. The van der Waals surface area contributed by atoms with Crippen molar-refractivity contribution >= 4 is 46.8 Å². The minimum atomic E-state index is -0.463. The van der Waals surface area contributed by atoms with E-state index in [1.807, 2.05) is 6.07 Å². The van der Waals surface area contributed by atoms with Gasteiger partial charge in [0, 0.05) is 17.3 Å². The van der Waals surface area contributed by atoms with Crippen LogP contribution < -0.4 is 5.48 Å². The van der Waals surface area contributed by atoms with E-state index in [4.69, 9.17) is 39.6 Å². The first-order valence-electron chi connectivity index (χ1n) is 9.53. The Morgan fingerprint density at radius 2 is 1.79 bits per heavy atom. The SMILES string of the molecule is CONC=Nc1cccc(-c2c(-c3ccccc3F)nnc(Cl)c2-c2ncc(Cl)cc2Cl)c1. The van der Waals surface area contributed by atoms with Crippen molar-refractivity contribution in [2.45, 2.75) is 0 Å². The Labute approximate surface area is 204 Å². The Morgan fingerprint density at radius 1 is 0.970 bits per heavy atom. The lowest BCUT2D eigenvalue weighted by atomic mass is 9.93. The van der Waals surface area contributed by atoms with Crippen LogP contribution >= 0.6 is 34.8 Å². The van der Waals surface area contributed by atoms with Crippen LogP contribution in [0.2, 0.25) is 15.2 Å². The van der Waals surface area contributed by atoms with Crippen molar-refractivity contribution in [1.82, 2.24) is 20.7 Å². The Bertz CT molecular complexity index is 1350. The van der Waals surface area contributed by atoms with E-state index in [1.54, 1.807) is 42.5 Å². The van der Waals surface area contributed by atoms with Crippen molar-refractivity contribution in [1.29, 1.82) is 0 Å². The third-order valence-corrected chi connectivity index (χ3v) is 5.38. The van der Waals surface area contributed by atoms with E-state index >= 15 is 0 Å². The average Bonchev–Trinajstić information content (AvgIpc) is 2.80. The first kappa shape index (κ1) is 23.1. The zero-order valence-electron chi connectivity index (χ0n) is 17.1. The lowest BCUT2D eigenvalue weighted by Crippen LogP contribution is -2.07. The molecule has 0 spiro atoms. The molecule has 1 N–H and O–H groups in total. The van der Waals surface area contributed by atoms with Gasteiger partial charge in [-0.15, -0.1) is 10.2 Å². The van der Waals surface area contributed by atoms with Gasteiger partial charge in [-0.3, -0.25) is 15.3 Å². The Kier molecular flexibility index (Phi) is 7.15. The summed E-state index contributed by atoms with van der Waals surface area (Å²) in [5.41, 5.74) is 5.53. The van der Waals surface area contributed by atoms with Crippen LogP contribution in [0, 0.1) is 5.82 Å². The molecule has 0 atom stereocenters. The van der Waals surface area contributed by atoms with Gasteiger partial charge in [-0.25, -0.2) is 9.38 Å². The molecule has 0 fully saturated rings. The molecule has 4 rings (SSSR count). The third-order valence-electron chi connectivity index (χ3n) is 4.62. The highest BCUT2D eigenvalue weighted by atomic mass is 35.5. The van der Waals surface area contributed by atoms with Gasteiger partial charge in [-0.1, -0.05) is 59.1 Å². The molecule has 0 unspecified atom stereocenters. The normalized spacial score (nSPS) is 11.2. The van der Waals surface area contributed by atoms with Gasteiger partial charge in [-0.2, -0.15) is 0 Å². The van der Waals surface area contributed by atoms with E-state index in [1.165, 1.54) is 25.7 Å². The fraction of sp³-hybridized carbons (Fsp3) is 0.0435. The van der Waals surface area contributed by atoms with Crippen LogP contribution in [0.5, 0.6) is 0 Å². The van der Waals surface area contributed by atoms with Crippen LogP contribution in [0.1, 0.15) is 0 Å². The maximum atomic E-state index is 14.8. The lowest BCUT2D eigenvalue weighted by molar-refractivity contribution is 0.148. The number of hydrogen-bond acceptors (Lipinski definition) is 5. The molecule has 0 bridgehead atoms. The smallest absolute Gasteiger partial charge is 0.161 e. The lowest BCUT2D eigenvalue weighted by Gasteiger charge is -2.16. The Balaban J connectivity index is 2.04. The van der Waals surface area contributed by atoms with Gasteiger partial charge in [0.1, 0.15) is 17.8 Å². The standard InChI is InChI=1S/C23H15Cl3FN5O/c1-33-30-12-29-15-6-4-5-13(9-15)19-20(22-17(25)10-14(24)11-28-22)23(26)32-31-21(19)16-7-2-3-8-18(16)27/h2-12H,1H3,(H,29,30). The van der Waals surface area contributed by atoms with Gasteiger partial charge in [0.25, 0.3) is 0 Å². The molecule has 0 radical (unpaired) electrons. The molecule has 4 aromatic rings. The zero-order chi connectivity index (χ0) is 23.4. The van der Waals surface area contributed by atoms with Gasteiger partial charge in [-0.05, 0) is 35.9 Å². The number of halogens is 4. The van der Waals surface area contributed by atoms with Crippen LogP contribution in [-0.4, -0.2) is 28.6 Å². The average molecular weight is 503 g/mol. The van der Waals surface area contributed by atoms with Gasteiger partial charge in [0.15, 0.2) is 5.15 Å². The van der Waals surface area contributed by atoms with Crippen molar-refractivity contribution in [2.24, 2.45) is 4.99 Å². The van der Waals surface area contributed by atoms with Crippen molar-refractivity contribution in [3.05, 3.63) is 81.8 Å². The number of pyridine rings is 1. The number of aliphatic imine (C=N–C) groups is 1. The summed E-state index contributed by atoms with van der Waals surface area (Å²) in [7, 11) is 1.48. The zero-order valence-corrected chi connectivity index (χ0v) is 19.3. The maximum absolute atomic E-state index is 14.8. The van der Waals surface area contributed by atoms with E-state index in [0.717, 1.165) is 0 Å². The molecule has 2 heterocycles.